The first-order valence-electron chi connectivity index (χ1n) is 4.21. The minimum Gasteiger partial charge on any atom is -0.383 e. The molecule has 3 heteroatoms. The Morgan fingerprint density at radius 1 is 1.43 bits per heavy atom. The number of rotatable bonds is 2. The number of hydrogen-bond acceptors (Lipinski definition) is 2. The number of aliphatic hydroxyl groups is 1. The third-order valence-electron chi connectivity index (χ3n) is 2.05. The van der Waals surface area contributed by atoms with E-state index in [4.69, 9.17) is 0 Å². The molecular formula is C11H9BrOS. The SMILES string of the molecule is C=CC(O)c1sc2ccccc2c1Br. The molecule has 1 aromatic heterocycles. The van der Waals surface area contributed by atoms with E-state index in [0.29, 0.717) is 0 Å². The molecule has 0 bridgehead atoms. The Labute approximate surface area is 94.8 Å². The van der Waals surface area contributed by atoms with Gasteiger partial charge in [-0.2, -0.15) is 0 Å². The Morgan fingerprint density at radius 2 is 2.14 bits per heavy atom. The first-order valence-corrected chi connectivity index (χ1v) is 5.82. The molecule has 0 fully saturated rings. The number of hydrogen-bond donors (Lipinski definition) is 1. The molecular weight excluding hydrogens is 260 g/mol. The van der Waals surface area contributed by atoms with Crippen LogP contribution in [0.25, 0.3) is 10.1 Å². The topological polar surface area (TPSA) is 20.2 Å². The molecule has 1 unspecified atom stereocenters. The Kier molecular flexibility index (Phi) is 2.72. The van der Waals surface area contributed by atoms with Crippen LogP contribution in [0.1, 0.15) is 11.0 Å². The van der Waals surface area contributed by atoms with Crippen molar-refractivity contribution < 1.29 is 5.11 Å². The third kappa shape index (κ3) is 1.52. The first-order chi connectivity index (χ1) is 6.74. The molecule has 1 aromatic carbocycles. The van der Waals surface area contributed by atoms with E-state index in [1.54, 1.807) is 11.3 Å². The molecule has 0 saturated carbocycles. The molecule has 0 aliphatic rings. The quantitative estimate of drug-likeness (QED) is 0.820. The van der Waals surface area contributed by atoms with Crippen LogP contribution in [0.4, 0.5) is 0 Å². The van der Waals surface area contributed by atoms with Gasteiger partial charge in [0.1, 0.15) is 6.10 Å². The lowest BCUT2D eigenvalue weighted by Crippen LogP contribution is -1.87. The van der Waals surface area contributed by atoms with Gasteiger partial charge >= 0.3 is 0 Å². The fourth-order valence-electron chi connectivity index (χ4n) is 1.33. The standard InChI is InChI=1S/C11H9BrOS/c1-2-8(13)11-10(12)7-5-3-4-6-9(7)14-11/h2-6,8,13H,1H2. The number of thiophene rings is 1. The molecule has 1 atom stereocenters. The first kappa shape index (κ1) is 9.90. The predicted molar refractivity (Wildman–Crippen MR) is 64.7 cm³/mol. The molecule has 1 N–H and O–H groups in total. The van der Waals surface area contributed by atoms with E-state index in [0.717, 1.165) is 14.7 Å². The van der Waals surface area contributed by atoms with E-state index >= 15 is 0 Å². The van der Waals surface area contributed by atoms with E-state index in [9.17, 15) is 5.11 Å². The van der Waals surface area contributed by atoms with Gasteiger partial charge in [0.15, 0.2) is 0 Å². The molecule has 2 aromatic rings. The van der Waals surface area contributed by atoms with Crippen molar-refractivity contribution in [3.63, 3.8) is 0 Å². The van der Waals surface area contributed by atoms with Crippen LogP contribution in [-0.2, 0) is 0 Å². The number of aliphatic hydroxyl groups excluding tert-OH is 1. The summed E-state index contributed by atoms with van der Waals surface area (Å²) in [5.41, 5.74) is 0. The second kappa shape index (κ2) is 3.85. The summed E-state index contributed by atoms with van der Waals surface area (Å²) in [7, 11) is 0. The highest BCUT2D eigenvalue weighted by Gasteiger charge is 2.13. The fraction of sp³-hybridized carbons (Fsp3) is 0.0909. The van der Waals surface area contributed by atoms with Gasteiger partial charge in [-0.05, 0) is 22.0 Å². The fourth-order valence-corrected chi connectivity index (χ4v) is 3.36. The molecule has 2 rings (SSSR count). The molecule has 1 heterocycles. The predicted octanol–water partition coefficient (Wildman–Crippen LogP) is 3.88. The van der Waals surface area contributed by atoms with Gasteiger partial charge in [-0.3, -0.25) is 0 Å². The van der Waals surface area contributed by atoms with E-state index in [-0.39, 0.29) is 0 Å². The molecule has 14 heavy (non-hydrogen) atoms. The van der Waals surface area contributed by atoms with Crippen LogP contribution in [0.3, 0.4) is 0 Å². The third-order valence-corrected chi connectivity index (χ3v) is 4.41. The van der Waals surface area contributed by atoms with Gasteiger partial charge < -0.3 is 5.11 Å². The molecule has 0 spiro atoms. The maximum Gasteiger partial charge on any atom is 0.107 e. The van der Waals surface area contributed by atoms with Crippen molar-refractivity contribution in [2.75, 3.05) is 0 Å². The van der Waals surface area contributed by atoms with Gasteiger partial charge in [0.25, 0.3) is 0 Å². The second-order valence-electron chi connectivity index (χ2n) is 2.96. The van der Waals surface area contributed by atoms with E-state index < -0.39 is 6.10 Å². The van der Waals surface area contributed by atoms with Crippen molar-refractivity contribution in [3.05, 3.63) is 46.3 Å². The molecule has 0 amide bonds. The van der Waals surface area contributed by atoms with E-state index in [1.807, 2.05) is 24.3 Å². The summed E-state index contributed by atoms with van der Waals surface area (Å²) < 4.78 is 2.15. The van der Waals surface area contributed by atoms with Crippen molar-refractivity contribution in [2.24, 2.45) is 0 Å². The van der Waals surface area contributed by atoms with Crippen molar-refractivity contribution in [1.82, 2.24) is 0 Å². The Bertz CT molecular complexity index is 475. The van der Waals surface area contributed by atoms with Crippen LogP contribution in [0, 0.1) is 0 Å². The lowest BCUT2D eigenvalue weighted by molar-refractivity contribution is 0.232. The summed E-state index contributed by atoms with van der Waals surface area (Å²) in [6.45, 7) is 3.58. The molecule has 72 valence electrons. The summed E-state index contributed by atoms with van der Waals surface area (Å²) in [6.07, 6.45) is 0.955. The highest BCUT2D eigenvalue weighted by Crippen LogP contribution is 2.39. The van der Waals surface area contributed by atoms with Crippen LogP contribution >= 0.6 is 27.3 Å². The highest BCUT2D eigenvalue weighted by atomic mass is 79.9. The smallest absolute Gasteiger partial charge is 0.107 e. The molecule has 0 aliphatic heterocycles. The van der Waals surface area contributed by atoms with Crippen LogP contribution in [0.5, 0.6) is 0 Å². The summed E-state index contributed by atoms with van der Waals surface area (Å²) in [6, 6.07) is 8.07. The molecule has 0 saturated heterocycles. The van der Waals surface area contributed by atoms with Crippen molar-refractivity contribution in [3.8, 4) is 0 Å². The monoisotopic (exact) mass is 268 g/mol. The lowest BCUT2D eigenvalue weighted by atomic mass is 10.2. The Morgan fingerprint density at radius 3 is 2.79 bits per heavy atom. The van der Waals surface area contributed by atoms with Crippen LogP contribution in [0.2, 0.25) is 0 Å². The maximum atomic E-state index is 9.67. The number of benzene rings is 1. The zero-order chi connectivity index (χ0) is 10.1. The second-order valence-corrected chi connectivity index (χ2v) is 4.83. The van der Waals surface area contributed by atoms with Gasteiger partial charge in [-0.1, -0.05) is 24.3 Å². The van der Waals surface area contributed by atoms with Crippen LogP contribution in [-0.4, -0.2) is 5.11 Å². The minimum absolute atomic E-state index is 0.582. The van der Waals surface area contributed by atoms with Gasteiger partial charge in [0.05, 0.1) is 4.88 Å². The van der Waals surface area contributed by atoms with Crippen LogP contribution in [0.15, 0.2) is 41.4 Å². The summed E-state index contributed by atoms with van der Waals surface area (Å²) in [5, 5.41) is 10.8. The van der Waals surface area contributed by atoms with Crippen LogP contribution < -0.4 is 0 Å². The van der Waals surface area contributed by atoms with E-state index in [2.05, 4.69) is 22.5 Å². The average Bonchev–Trinajstić information content (AvgIpc) is 2.56. The largest absolute Gasteiger partial charge is 0.383 e. The van der Waals surface area contributed by atoms with Gasteiger partial charge in [-0.15, -0.1) is 17.9 Å². The van der Waals surface area contributed by atoms with Gasteiger partial charge in [0, 0.05) is 14.6 Å². The summed E-state index contributed by atoms with van der Waals surface area (Å²) in [4.78, 5) is 0.918. The average molecular weight is 269 g/mol. The minimum atomic E-state index is -0.582. The normalized spacial score (nSPS) is 13.0. The number of halogens is 1. The Balaban J connectivity index is 2.68. The zero-order valence-corrected chi connectivity index (χ0v) is 9.81. The summed E-state index contributed by atoms with van der Waals surface area (Å²) >= 11 is 5.08. The summed E-state index contributed by atoms with van der Waals surface area (Å²) in [5.74, 6) is 0. The van der Waals surface area contributed by atoms with Gasteiger partial charge in [0.2, 0.25) is 0 Å². The molecule has 0 aliphatic carbocycles. The highest BCUT2D eigenvalue weighted by molar-refractivity contribution is 9.10. The molecule has 1 nitrogen and oxygen atoms in total. The van der Waals surface area contributed by atoms with Crippen molar-refractivity contribution in [1.29, 1.82) is 0 Å². The maximum absolute atomic E-state index is 9.67. The van der Waals surface area contributed by atoms with Crippen molar-refractivity contribution >= 4 is 37.4 Å². The van der Waals surface area contributed by atoms with E-state index in [1.165, 1.54) is 10.8 Å². The van der Waals surface area contributed by atoms with Crippen molar-refractivity contribution in [2.45, 2.75) is 6.10 Å². The molecule has 0 radical (unpaired) electrons. The lowest BCUT2D eigenvalue weighted by Gasteiger charge is -2.01. The van der Waals surface area contributed by atoms with Gasteiger partial charge in [-0.25, -0.2) is 0 Å². The Hall–Kier alpha value is -0.640. The number of fused-ring (bicyclic) bond motifs is 1. The zero-order valence-electron chi connectivity index (χ0n) is 7.40.